The number of allylic oxidation sites excluding steroid dienone is 8. The highest BCUT2D eigenvalue weighted by Gasteiger charge is 2.48. The normalized spacial score (nSPS) is 21.0. The van der Waals surface area contributed by atoms with E-state index in [0.717, 1.165) is 77.0 Å². The molecule has 0 amide bonds. The molecule has 0 aromatic rings. The fraction of sp³-hybridized carbons (Fsp3) is 0.800. The van der Waals surface area contributed by atoms with Crippen LogP contribution in [0.3, 0.4) is 0 Å². The van der Waals surface area contributed by atoms with Crippen LogP contribution in [-0.4, -0.2) is 97.5 Å². The van der Waals surface area contributed by atoms with Gasteiger partial charge in [-0.25, -0.2) is 4.18 Å². The molecule has 0 aromatic heterocycles. The van der Waals surface area contributed by atoms with Crippen molar-refractivity contribution < 1.29 is 56.2 Å². The maximum absolute atomic E-state index is 12.8. The summed E-state index contributed by atoms with van der Waals surface area (Å²) in [6.45, 7) is 3.81. The van der Waals surface area contributed by atoms with Crippen molar-refractivity contribution >= 4 is 16.4 Å². The predicted molar refractivity (Wildman–Crippen MR) is 230 cm³/mol. The molecule has 13 heteroatoms. The number of hydrogen-bond acceptors (Lipinski definition) is 11. The van der Waals surface area contributed by atoms with E-state index in [4.69, 9.17) is 23.5 Å². The van der Waals surface area contributed by atoms with Gasteiger partial charge in [-0.15, -0.1) is 0 Å². The zero-order valence-electron chi connectivity index (χ0n) is 35.8. The van der Waals surface area contributed by atoms with Gasteiger partial charge < -0.3 is 34.3 Å². The largest absolute Gasteiger partial charge is 0.457 e. The van der Waals surface area contributed by atoms with Crippen LogP contribution in [0.5, 0.6) is 0 Å². The highest BCUT2D eigenvalue weighted by molar-refractivity contribution is 7.80. The first-order chi connectivity index (χ1) is 28.1. The van der Waals surface area contributed by atoms with Crippen LogP contribution in [0.15, 0.2) is 48.6 Å². The van der Waals surface area contributed by atoms with E-state index < -0.39 is 59.8 Å². The highest BCUT2D eigenvalue weighted by atomic mass is 32.3. The molecule has 0 aliphatic carbocycles. The first-order valence-electron chi connectivity index (χ1n) is 22.4. The monoisotopic (exact) mass is 845 g/mol. The summed E-state index contributed by atoms with van der Waals surface area (Å²) in [5.74, 6) is -0.414. The van der Waals surface area contributed by atoms with E-state index in [1.807, 2.05) is 0 Å². The average Bonchev–Trinajstić information content (AvgIpc) is 3.19. The first kappa shape index (κ1) is 54.1. The number of aliphatic hydroxyl groups excluding tert-OH is 3. The molecule has 12 nitrogen and oxygen atoms in total. The van der Waals surface area contributed by atoms with Gasteiger partial charge in [-0.2, -0.15) is 8.42 Å². The van der Waals surface area contributed by atoms with E-state index in [2.05, 4.69) is 66.6 Å². The molecular formula is C45H80O12S. The molecule has 0 aromatic carbocycles. The lowest BCUT2D eigenvalue weighted by atomic mass is 9.99. The lowest BCUT2D eigenvalue weighted by Gasteiger charge is -2.41. The zero-order valence-corrected chi connectivity index (χ0v) is 36.7. The van der Waals surface area contributed by atoms with E-state index in [-0.39, 0.29) is 19.6 Å². The third-order valence-corrected chi connectivity index (χ3v) is 10.4. The first-order valence-corrected chi connectivity index (χ1v) is 23.8. The number of carbonyl (C=O) groups excluding carboxylic acids is 1. The van der Waals surface area contributed by atoms with Crippen molar-refractivity contribution in [1.82, 2.24) is 0 Å². The maximum Gasteiger partial charge on any atom is 0.397 e. The fourth-order valence-electron chi connectivity index (χ4n) is 6.56. The van der Waals surface area contributed by atoms with Crippen molar-refractivity contribution in [2.75, 3.05) is 26.4 Å². The molecule has 1 rings (SSSR count). The van der Waals surface area contributed by atoms with Gasteiger partial charge in [-0.3, -0.25) is 9.35 Å². The van der Waals surface area contributed by atoms with Gasteiger partial charge in [0.25, 0.3) is 0 Å². The maximum atomic E-state index is 12.8. The molecule has 1 aliphatic heterocycles. The Kier molecular flexibility index (Phi) is 34.4. The van der Waals surface area contributed by atoms with Crippen molar-refractivity contribution in [2.24, 2.45) is 0 Å². The summed E-state index contributed by atoms with van der Waals surface area (Å²) in [5.41, 5.74) is 0. The van der Waals surface area contributed by atoms with Gasteiger partial charge in [0.1, 0.15) is 30.5 Å². The van der Waals surface area contributed by atoms with Crippen molar-refractivity contribution in [3.8, 4) is 0 Å². The number of rotatable bonds is 38. The Balaban J connectivity index is 2.45. The fourth-order valence-corrected chi connectivity index (χ4v) is 7.07. The van der Waals surface area contributed by atoms with Crippen LogP contribution < -0.4 is 0 Å². The van der Waals surface area contributed by atoms with E-state index in [1.165, 1.54) is 64.2 Å². The Hall–Kier alpha value is -1.94. The number of hydrogen-bond donors (Lipinski definition) is 4. The summed E-state index contributed by atoms with van der Waals surface area (Å²) in [5, 5.41) is 30.6. The molecule has 6 unspecified atom stereocenters. The van der Waals surface area contributed by atoms with Crippen LogP contribution in [0.25, 0.3) is 0 Å². The molecule has 0 spiro atoms. The second-order valence-corrected chi connectivity index (χ2v) is 16.3. The Morgan fingerprint density at radius 2 is 1.19 bits per heavy atom. The summed E-state index contributed by atoms with van der Waals surface area (Å²) in [6, 6.07) is 0. The van der Waals surface area contributed by atoms with E-state index in [1.54, 1.807) is 0 Å². The van der Waals surface area contributed by atoms with Gasteiger partial charge in [0.15, 0.2) is 6.29 Å². The van der Waals surface area contributed by atoms with Crippen molar-refractivity contribution in [3.05, 3.63) is 48.6 Å². The minimum Gasteiger partial charge on any atom is -0.457 e. The van der Waals surface area contributed by atoms with Crippen molar-refractivity contribution in [2.45, 2.75) is 205 Å². The third-order valence-electron chi connectivity index (χ3n) is 9.93. The van der Waals surface area contributed by atoms with Gasteiger partial charge in [0.2, 0.25) is 0 Å². The second-order valence-electron chi connectivity index (χ2n) is 15.3. The minimum atomic E-state index is -5.07. The summed E-state index contributed by atoms with van der Waals surface area (Å²) in [6.07, 6.45) is 34.3. The molecule has 1 saturated heterocycles. The van der Waals surface area contributed by atoms with Gasteiger partial charge in [-0.05, 0) is 70.6 Å². The van der Waals surface area contributed by atoms with E-state index in [0.29, 0.717) is 13.0 Å². The molecular weight excluding hydrogens is 765 g/mol. The van der Waals surface area contributed by atoms with Crippen LogP contribution in [0, 0.1) is 0 Å². The number of carbonyl (C=O) groups is 1. The Bertz CT molecular complexity index is 1200. The molecule has 0 radical (unpaired) electrons. The molecule has 1 fully saturated rings. The molecule has 1 heterocycles. The molecule has 0 bridgehead atoms. The van der Waals surface area contributed by atoms with Crippen molar-refractivity contribution in [1.29, 1.82) is 0 Å². The lowest BCUT2D eigenvalue weighted by molar-refractivity contribution is -0.301. The van der Waals surface area contributed by atoms with Gasteiger partial charge in [0.05, 0.1) is 19.8 Å². The summed E-state index contributed by atoms with van der Waals surface area (Å²) < 4.78 is 59.0. The molecule has 58 heavy (non-hydrogen) atoms. The Morgan fingerprint density at radius 1 is 0.672 bits per heavy atom. The van der Waals surface area contributed by atoms with Crippen LogP contribution in [0.4, 0.5) is 0 Å². The van der Waals surface area contributed by atoms with E-state index >= 15 is 0 Å². The quantitative estimate of drug-likeness (QED) is 0.0201. The number of aliphatic hydroxyl groups is 3. The average molecular weight is 845 g/mol. The highest BCUT2D eigenvalue weighted by Crippen LogP contribution is 2.26. The predicted octanol–water partition coefficient (Wildman–Crippen LogP) is 9.19. The molecule has 338 valence electrons. The van der Waals surface area contributed by atoms with Crippen LogP contribution in [-0.2, 0) is 38.3 Å². The number of unbranched alkanes of at least 4 members (excludes halogenated alkanes) is 17. The SMILES string of the molecule is CC/C=C\C/C=C\C/C=C\CCCCCCOCC(COC1OC(CO)C(O)C(OS(=O)(=O)O)C1O)OC(=O)CCCCCCCCC/C=C\CCCCCCCC. The molecule has 1 aliphatic rings. The van der Waals surface area contributed by atoms with Crippen LogP contribution in [0.2, 0.25) is 0 Å². The van der Waals surface area contributed by atoms with Gasteiger partial charge >= 0.3 is 16.4 Å². The summed E-state index contributed by atoms with van der Waals surface area (Å²) in [7, 11) is -5.07. The number of ether oxygens (including phenoxy) is 4. The molecule has 0 saturated carbocycles. The van der Waals surface area contributed by atoms with Crippen LogP contribution in [0.1, 0.15) is 168 Å². The minimum absolute atomic E-state index is 0.0181. The van der Waals surface area contributed by atoms with Gasteiger partial charge in [0, 0.05) is 13.0 Å². The Morgan fingerprint density at radius 3 is 1.76 bits per heavy atom. The van der Waals surface area contributed by atoms with E-state index in [9.17, 15) is 28.5 Å². The molecule has 4 N–H and O–H groups in total. The zero-order chi connectivity index (χ0) is 42.5. The third kappa shape index (κ3) is 30.1. The van der Waals surface area contributed by atoms with Crippen LogP contribution >= 0.6 is 0 Å². The number of esters is 1. The van der Waals surface area contributed by atoms with Crippen molar-refractivity contribution in [3.63, 3.8) is 0 Å². The topological polar surface area (TPSA) is 178 Å². The second kappa shape index (κ2) is 36.9. The lowest BCUT2D eigenvalue weighted by Crippen LogP contribution is -2.60. The summed E-state index contributed by atoms with van der Waals surface area (Å²) >= 11 is 0. The Labute approximate surface area is 351 Å². The smallest absolute Gasteiger partial charge is 0.397 e. The summed E-state index contributed by atoms with van der Waals surface area (Å²) in [4.78, 5) is 12.8. The standard InChI is InChI=1S/C45H80O12S/c1-3-5-7-9-11-13-15-17-19-20-21-22-24-26-28-30-32-34-41(47)55-39(37-53-35-33-31-29-27-25-23-18-16-14-12-10-8-6-4-2)38-54-45-43(49)44(57-58(50,51)52)42(48)40(36-46)56-45/h6,8,12,14,17-19,23,39-40,42-46,48-49H,3-5,7,9-11,13,15-16,20-22,24-38H2,1-2H3,(H,50,51,52)/b8-6-,14-12-,19-17-,23-18-. The molecule has 6 atom stereocenters. The van der Waals surface area contributed by atoms with Gasteiger partial charge in [-0.1, -0.05) is 140 Å².